The van der Waals surface area contributed by atoms with Crippen LogP contribution in [0, 0.1) is 10.1 Å². The van der Waals surface area contributed by atoms with Gasteiger partial charge in [0.1, 0.15) is 0 Å². The fraction of sp³-hybridized carbons (Fsp3) is 0.118. The van der Waals surface area contributed by atoms with Crippen LogP contribution in [0.2, 0.25) is 0 Å². The molecule has 2 heterocycles. The van der Waals surface area contributed by atoms with Crippen LogP contribution in [0.3, 0.4) is 0 Å². The summed E-state index contributed by atoms with van der Waals surface area (Å²) in [5.41, 5.74) is 0.204. The van der Waals surface area contributed by atoms with Crippen molar-refractivity contribution in [3.63, 3.8) is 0 Å². The highest BCUT2D eigenvalue weighted by atomic mass is 32.2. The Bertz CT molecular complexity index is 951. The van der Waals surface area contributed by atoms with Crippen LogP contribution in [0.25, 0.3) is 10.7 Å². The van der Waals surface area contributed by atoms with E-state index in [1.165, 1.54) is 30.0 Å². The summed E-state index contributed by atoms with van der Waals surface area (Å²) in [5.74, 6) is 0.635. The van der Waals surface area contributed by atoms with Gasteiger partial charge in [0.25, 0.3) is 5.69 Å². The maximum atomic E-state index is 12.4. The first-order valence-electron chi connectivity index (χ1n) is 7.58. The maximum Gasteiger partial charge on any atom is 0.270 e. The first kappa shape index (κ1) is 18.0. The molecular weight excluding hydrogens is 372 g/mol. The fourth-order valence-corrected chi connectivity index (χ4v) is 3.84. The molecule has 9 heteroatoms. The molecule has 0 unspecified atom stereocenters. The number of benzene rings is 1. The molecule has 0 N–H and O–H groups in total. The van der Waals surface area contributed by atoms with Crippen LogP contribution in [0.15, 0.2) is 59.6 Å². The quantitative estimate of drug-likeness (QED) is 0.190. The number of allylic oxidation sites excluding steroid dienone is 1. The topological polar surface area (TPSA) is 90.9 Å². The molecule has 1 aromatic carbocycles. The van der Waals surface area contributed by atoms with Crippen LogP contribution < -0.4 is 0 Å². The lowest BCUT2D eigenvalue weighted by atomic mass is 10.1. The lowest BCUT2D eigenvalue weighted by molar-refractivity contribution is -0.384. The number of nitro benzene ring substituents is 1. The number of nitrogens with zero attached hydrogens (tertiary/aromatic N) is 4. The number of thioether (sulfide) groups is 1. The second-order valence-corrected chi connectivity index (χ2v) is 7.09. The van der Waals surface area contributed by atoms with Crippen molar-refractivity contribution < 1.29 is 9.72 Å². The zero-order chi connectivity index (χ0) is 18.5. The van der Waals surface area contributed by atoms with Crippen LogP contribution in [0.5, 0.6) is 0 Å². The Balaban J connectivity index is 1.77. The number of hydrogen-bond donors (Lipinski definition) is 0. The number of rotatable bonds is 8. The summed E-state index contributed by atoms with van der Waals surface area (Å²) in [6, 6.07) is 9.61. The van der Waals surface area contributed by atoms with Gasteiger partial charge in [0.05, 0.1) is 15.6 Å². The normalized spacial score (nSPS) is 10.6. The third-order valence-corrected chi connectivity index (χ3v) is 5.31. The highest BCUT2D eigenvalue weighted by Gasteiger charge is 2.17. The van der Waals surface area contributed by atoms with E-state index in [-0.39, 0.29) is 17.2 Å². The minimum absolute atomic E-state index is 0.101. The SMILES string of the molecule is C=CCn1c(SCC(=O)c2cccc([N+](=O)[O-])c2)nnc1-c1cccs1. The van der Waals surface area contributed by atoms with Gasteiger partial charge in [-0.2, -0.15) is 0 Å². The largest absolute Gasteiger partial charge is 0.297 e. The van der Waals surface area contributed by atoms with Gasteiger partial charge in [0.15, 0.2) is 16.8 Å². The number of thiophene rings is 1. The third kappa shape index (κ3) is 3.89. The molecule has 0 saturated heterocycles. The number of aromatic nitrogens is 3. The molecule has 0 spiro atoms. The Morgan fingerprint density at radius 2 is 2.19 bits per heavy atom. The van der Waals surface area contributed by atoms with Crippen molar-refractivity contribution in [3.8, 4) is 10.7 Å². The van der Waals surface area contributed by atoms with E-state index < -0.39 is 4.92 Å². The van der Waals surface area contributed by atoms with Gasteiger partial charge in [0, 0.05) is 24.2 Å². The monoisotopic (exact) mass is 386 g/mol. The van der Waals surface area contributed by atoms with E-state index in [0.717, 1.165) is 10.7 Å². The summed E-state index contributed by atoms with van der Waals surface area (Å²) in [7, 11) is 0. The number of hydrogen-bond acceptors (Lipinski definition) is 7. The molecule has 0 aliphatic carbocycles. The van der Waals surface area contributed by atoms with Crippen molar-refractivity contribution in [3.05, 3.63) is 70.1 Å². The van der Waals surface area contributed by atoms with Crippen LogP contribution in [-0.2, 0) is 6.54 Å². The predicted octanol–water partition coefficient (Wildman–Crippen LogP) is 4.08. The van der Waals surface area contributed by atoms with Crippen LogP contribution >= 0.6 is 23.1 Å². The van der Waals surface area contributed by atoms with Gasteiger partial charge in [-0.3, -0.25) is 19.5 Å². The summed E-state index contributed by atoms with van der Waals surface area (Å²) in [4.78, 5) is 23.7. The van der Waals surface area contributed by atoms with Gasteiger partial charge in [-0.15, -0.1) is 28.1 Å². The number of nitro groups is 1. The molecule has 3 rings (SSSR count). The minimum atomic E-state index is -0.516. The first-order valence-corrected chi connectivity index (χ1v) is 9.45. The average molecular weight is 386 g/mol. The van der Waals surface area contributed by atoms with E-state index >= 15 is 0 Å². The number of Topliss-reactive ketones (excluding diaryl/α,β-unsaturated/α-hetero) is 1. The van der Waals surface area contributed by atoms with Gasteiger partial charge in [-0.05, 0) is 11.4 Å². The summed E-state index contributed by atoms with van der Waals surface area (Å²) in [6.45, 7) is 4.28. The third-order valence-electron chi connectivity index (χ3n) is 3.48. The highest BCUT2D eigenvalue weighted by Crippen LogP contribution is 2.27. The fourth-order valence-electron chi connectivity index (χ4n) is 2.28. The zero-order valence-electron chi connectivity index (χ0n) is 13.6. The predicted molar refractivity (Wildman–Crippen MR) is 102 cm³/mol. The number of carbonyl (C=O) groups is 1. The van der Waals surface area contributed by atoms with Crippen molar-refractivity contribution in [1.29, 1.82) is 0 Å². The van der Waals surface area contributed by atoms with Crippen molar-refractivity contribution in [1.82, 2.24) is 14.8 Å². The Labute approximate surface area is 157 Å². The molecule has 0 fully saturated rings. The Morgan fingerprint density at radius 1 is 1.35 bits per heavy atom. The van der Waals surface area contributed by atoms with Crippen LogP contribution in [0.4, 0.5) is 5.69 Å². The summed E-state index contributed by atoms with van der Waals surface area (Å²) in [5, 5.41) is 21.8. The molecule has 0 aliphatic heterocycles. The van der Waals surface area contributed by atoms with Gasteiger partial charge in [-0.25, -0.2) is 0 Å². The molecule has 0 aliphatic rings. The number of carbonyl (C=O) groups excluding carboxylic acids is 1. The summed E-state index contributed by atoms with van der Waals surface area (Å²) >= 11 is 2.81. The Hall–Kier alpha value is -2.78. The van der Waals surface area contributed by atoms with E-state index in [1.54, 1.807) is 23.5 Å². The molecule has 0 radical (unpaired) electrons. The standard InChI is InChI=1S/C17H14N4O3S2/c1-2-8-20-16(15-7-4-9-25-15)18-19-17(20)26-11-14(22)12-5-3-6-13(10-12)21(23)24/h2-7,9-10H,1,8,11H2. The summed E-state index contributed by atoms with van der Waals surface area (Å²) in [6.07, 6.45) is 1.74. The van der Waals surface area contributed by atoms with Crippen molar-refractivity contribution >= 4 is 34.6 Å². The van der Waals surface area contributed by atoms with Crippen molar-refractivity contribution in [2.75, 3.05) is 5.75 Å². The molecule has 0 amide bonds. The average Bonchev–Trinajstić information content (AvgIpc) is 3.30. The van der Waals surface area contributed by atoms with E-state index in [2.05, 4.69) is 16.8 Å². The molecule has 7 nitrogen and oxygen atoms in total. The number of ketones is 1. The van der Waals surface area contributed by atoms with Crippen LogP contribution in [-0.4, -0.2) is 31.2 Å². The van der Waals surface area contributed by atoms with Gasteiger partial charge in [-0.1, -0.05) is 36.0 Å². The van der Waals surface area contributed by atoms with E-state index in [0.29, 0.717) is 17.3 Å². The van der Waals surface area contributed by atoms with E-state index in [4.69, 9.17) is 0 Å². The lowest BCUT2D eigenvalue weighted by Crippen LogP contribution is -2.05. The highest BCUT2D eigenvalue weighted by molar-refractivity contribution is 7.99. The first-order chi connectivity index (χ1) is 12.6. The van der Waals surface area contributed by atoms with Gasteiger partial charge < -0.3 is 0 Å². The molecular formula is C17H14N4O3S2. The zero-order valence-corrected chi connectivity index (χ0v) is 15.2. The second kappa shape index (κ2) is 8.07. The van der Waals surface area contributed by atoms with E-state index in [9.17, 15) is 14.9 Å². The molecule has 26 heavy (non-hydrogen) atoms. The number of non-ortho nitro benzene ring substituents is 1. The van der Waals surface area contributed by atoms with Gasteiger partial charge >= 0.3 is 0 Å². The Morgan fingerprint density at radius 3 is 2.88 bits per heavy atom. The maximum absolute atomic E-state index is 12.4. The summed E-state index contributed by atoms with van der Waals surface area (Å²) < 4.78 is 1.89. The lowest BCUT2D eigenvalue weighted by Gasteiger charge is -2.06. The Kier molecular flexibility index (Phi) is 5.59. The van der Waals surface area contributed by atoms with Crippen molar-refractivity contribution in [2.45, 2.75) is 11.7 Å². The molecule has 3 aromatic rings. The minimum Gasteiger partial charge on any atom is -0.297 e. The van der Waals surface area contributed by atoms with Crippen molar-refractivity contribution in [2.24, 2.45) is 0 Å². The molecule has 2 aromatic heterocycles. The molecule has 0 saturated carbocycles. The van der Waals surface area contributed by atoms with Gasteiger partial charge in [0.2, 0.25) is 0 Å². The molecule has 0 bridgehead atoms. The second-order valence-electron chi connectivity index (χ2n) is 5.20. The van der Waals surface area contributed by atoms with Crippen LogP contribution in [0.1, 0.15) is 10.4 Å². The molecule has 0 atom stereocenters. The smallest absolute Gasteiger partial charge is 0.270 e. The molecule has 132 valence electrons. The van der Waals surface area contributed by atoms with E-state index in [1.807, 2.05) is 22.1 Å².